The number of nitro groups is 1. The molecule has 2 rings (SSSR count). The van der Waals surface area contributed by atoms with Gasteiger partial charge in [0, 0.05) is 25.2 Å². The topological polar surface area (TPSA) is 80.1 Å². The van der Waals surface area contributed by atoms with E-state index in [4.69, 9.17) is 0 Å². The number of hydrogen-bond acceptors (Lipinski definition) is 5. The first kappa shape index (κ1) is 14.6. The maximum atomic E-state index is 13.6. The molecule has 1 heterocycles. The van der Waals surface area contributed by atoms with Crippen molar-refractivity contribution in [3.05, 3.63) is 51.8 Å². The summed E-state index contributed by atoms with van der Waals surface area (Å²) in [6, 6.07) is 3.52. The van der Waals surface area contributed by atoms with Crippen LogP contribution in [-0.4, -0.2) is 17.0 Å². The van der Waals surface area contributed by atoms with Crippen LogP contribution >= 0.6 is 0 Å². The molecule has 0 radical (unpaired) electrons. The zero-order chi connectivity index (χ0) is 15.6. The molecule has 0 saturated carbocycles. The molecule has 110 valence electrons. The molecule has 1 aromatic heterocycles. The minimum atomic E-state index is -1.41. The fraction of sp³-hybridized carbons (Fsp3) is 0.0833. The van der Waals surface area contributed by atoms with Gasteiger partial charge in [-0.2, -0.15) is 0 Å². The monoisotopic (exact) mass is 298 g/mol. The van der Waals surface area contributed by atoms with Gasteiger partial charge in [-0.05, 0) is 6.07 Å². The van der Waals surface area contributed by atoms with E-state index in [1.807, 2.05) is 0 Å². The first-order valence-electron chi connectivity index (χ1n) is 5.67. The van der Waals surface area contributed by atoms with Crippen LogP contribution in [0.15, 0.2) is 24.3 Å². The van der Waals surface area contributed by atoms with Gasteiger partial charge in [-0.15, -0.1) is 0 Å². The SMILES string of the molecule is CNc1ccc([N+](=O)[O-])c(Nc2cc(F)cc(F)c2F)n1. The maximum Gasteiger partial charge on any atom is 0.311 e. The molecule has 0 amide bonds. The van der Waals surface area contributed by atoms with E-state index >= 15 is 0 Å². The number of nitrogens with one attached hydrogen (secondary N) is 2. The lowest BCUT2D eigenvalue weighted by atomic mass is 10.2. The number of halogens is 3. The van der Waals surface area contributed by atoms with Gasteiger partial charge in [0.25, 0.3) is 0 Å². The summed E-state index contributed by atoms with van der Waals surface area (Å²) in [5.74, 6) is -3.87. The van der Waals surface area contributed by atoms with Crippen molar-refractivity contribution in [2.45, 2.75) is 0 Å². The Kier molecular flexibility index (Phi) is 3.92. The molecule has 2 N–H and O–H groups in total. The predicted octanol–water partition coefficient (Wildman–Crippen LogP) is 3.19. The number of nitrogens with zero attached hydrogens (tertiary/aromatic N) is 2. The summed E-state index contributed by atoms with van der Waals surface area (Å²) in [5.41, 5.74) is -1.05. The molecule has 2 aromatic rings. The van der Waals surface area contributed by atoms with E-state index in [2.05, 4.69) is 15.6 Å². The van der Waals surface area contributed by atoms with Crippen molar-refractivity contribution in [3.8, 4) is 0 Å². The molecule has 0 aliphatic rings. The highest BCUT2D eigenvalue weighted by molar-refractivity contribution is 5.68. The molecule has 0 saturated heterocycles. The fourth-order valence-corrected chi connectivity index (χ4v) is 1.60. The van der Waals surface area contributed by atoms with Crippen molar-refractivity contribution >= 4 is 23.0 Å². The van der Waals surface area contributed by atoms with Gasteiger partial charge in [-0.25, -0.2) is 18.2 Å². The number of hydrogen-bond donors (Lipinski definition) is 2. The average molecular weight is 298 g/mol. The summed E-state index contributed by atoms with van der Waals surface area (Å²) in [6.45, 7) is 0. The second kappa shape index (κ2) is 5.65. The van der Waals surface area contributed by atoms with Crippen molar-refractivity contribution < 1.29 is 18.1 Å². The van der Waals surface area contributed by atoms with E-state index in [1.165, 1.54) is 13.1 Å². The lowest BCUT2D eigenvalue weighted by Gasteiger charge is -2.09. The first-order valence-corrected chi connectivity index (χ1v) is 5.67. The molecule has 0 unspecified atom stereocenters. The molecule has 0 aliphatic heterocycles. The third-order valence-electron chi connectivity index (χ3n) is 2.57. The second-order valence-electron chi connectivity index (χ2n) is 3.95. The van der Waals surface area contributed by atoms with Gasteiger partial charge in [0.15, 0.2) is 11.6 Å². The number of benzene rings is 1. The standard InChI is InChI=1S/C12H9F3N4O2/c1-16-10-3-2-9(19(20)21)12(18-10)17-8-5-6(13)4-7(14)11(8)15/h2-5H,1H3,(H2,16,17,18). The summed E-state index contributed by atoms with van der Waals surface area (Å²) in [5, 5.41) is 15.8. The van der Waals surface area contributed by atoms with Crippen molar-refractivity contribution in [1.29, 1.82) is 0 Å². The number of pyridine rings is 1. The molecule has 0 aliphatic carbocycles. The smallest absolute Gasteiger partial charge is 0.311 e. The Labute approximate surface area is 116 Å². The third kappa shape index (κ3) is 3.02. The van der Waals surface area contributed by atoms with Gasteiger partial charge in [0.05, 0.1) is 10.6 Å². The summed E-state index contributed by atoms with van der Waals surface area (Å²) >= 11 is 0. The van der Waals surface area contributed by atoms with Crippen LogP contribution < -0.4 is 10.6 Å². The molecular weight excluding hydrogens is 289 g/mol. The van der Waals surface area contributed by atoms with Crippen LogP contribution in [0.1, 0.15) is 0 Å². The van der Waals surface area contributed by atoms with E-state index in [9.17, 15) is 23.3 Å². The van der Waals surface area contributed by atoms with E-state index in [1.54, 1.807) is 0 Å². The third-order valence-corrected chi connectivity index (χ3v) is 2.57. The summed E-state index contributed by atoms with van der Waals surface area (Å²) in [7, 11) is 1.53. The maximum absolute atomic E-state index is 13.6. The van der Waals surface area contributed by atoms with Crippen LogP contribution in [0.4, 0.5) is 36.2 Å². The minimum absolute atomic E-state index is 0.264. The van der Waals surface area contributed by atoms with Crippen molar-refractivity contribution in [2.75, 3.05) is 17.7 Å². The van der Waals surface area contributed by atoms with Crippen molar-refractivity contribution in [1.82, 2.24) is 4.98 Å². The molecule has 6 nitrogen and oxygen atoms in total. The van der Waals surface area contributed by atoms with Crippen LogP contribution in [0, 0.1) is 27.6 Å². The molecule has 9 heteroatoms. The summed E-state index contributed by atoms with van der Waals surface area (Å²) in [6.07, 6.45) is 0. The Balaban J connectivity index is 2.50. The van der Waals surface area contributed by atoms with E-state index < -0.39 is 33.7 Å². The van der Waals surface area contributed by atoms with E-state index in [0.717, 1.165) is 6.07 Å². The van der Waals surface area contributed by atoms with Crippen LogP contribution in [-0.2, 0) is 0 Å². The zero-order valence-electron chi connectivity index (χ0n) is 10.7. The number of aromatic nitrogens is 1. The summed E-state index contributed by atoms with van der Waals surface area (Å²) < 4.78 is 39.8. The van der Waals surface area contributed by atoms with E-state index in [-0.39, 0.29) is 11.6 Å². The highest BCUT2D eigenvalue weighted by Crippen LogP contribution is 2.29. The molecule has 0 fully saturated rings. The minimum Gasteiger partial charge on any atom is -0.373 e. The van der Waals surface area contributed by atoms with Crippen molar-refractivity contribution in [2.24, 2.45) is 0 Å². The molecule has 0 atom stereocenters. The van der Waals surface area contributed by atoms with Gasteiger partial charge in [0.1, 0.15) is 11.6 Å². The highest BCUT2D eigenvalue weighted by Gasteiger charge is 2.19. The van der Waals surface area contributed by atoms with Crippen LogP contribution in [0.2, 0.25) is 0 Å². The lowest BCUT2D eigenvalue weighted by molar-refractivity contribution is -0.384. The molecule has 0 bridgehead atoms. The largest absolute Gasteiger partial charge is 0.373 e. The van der Waals surface area contributed by atoms with Gasteiger partial charge in [0.2, 0.25) is 5.82 Å². The number of rotatable bonds is 4. The Morgan fingerprint density at radius 1 is 1.24 bits per heavy atom. The van der Waals surface area contributed by atoms with E-state index in [0.29, 0.717) is 12.1 Å². The van der Waals surface area contributed by atoms with Gasteiger partial charge in [-0.1, -0.05) is 0 Å². The first-order chi connectivity index (χ1) is 9.92. The van der Waals surface area contributed by atoms with Crippen molar-refractivity contribution in [3.63, 3.8) is 0 Å². The average Bonchev–Trinajstić information content (AvgIpc) is 2.43. The molecule has 21 heavy (non-hydrogen) atoms. The van der Waals surface area contributed by atoms with Crippen LogP contribution in [0.3, 0.4) is 0 Å². The molecule has 1 aromatic carbocycles. The predicted molar refractivity (Wildman–Crippen MR) is 70.0 cm³/mol. The Bertz CT molecular complexity index is 709. The molecule has 0 spiro atoms. The number of anilines is 3. The lowest BCUT2D eigenvalue weighted by Crippen LogP contribution is -2.04. The van der Waals surface area contributed by atoms with Gasteiger partial charge in [-0.3, -0.25) is 10.1 Å². The van der Waals surface area contributed by atoms with Gasteiger partial charge < -0.3 is 10.6 Å². The van der Waals surface area contributed by atoms with Crippen LogP contribution in [0.25, 0.3) is 0 Å². The Morgan fingerprint density at radius 2 is 1.95 bits per heavy atom. The molecular formula is C12H9F3N4O2. The second-order valence-corrected chi connectivity index (χ2v) is 3.95. The Morgan fingerprint density at radius 3 is 2.57 bits per heavy atom. The normalized spacial score (nSPS) is 10.3. The van der Waals surface area contributed by atoms with Crippen LogP contribution in [0.5, 0.6) is 0 Å². The zero-order valence-corrected chi connectivity index (χ0v) is 10.7. The highest BCUT2D eigenvalue weighted by atomic mass is 19.2. The Hall–Kier alpha value is -2.84. The van der Waals surface area contributed by atoms with Gasteiger partial charge >= 0.3 is 5.69 Å². The fourth-order valence-electron chi connectivity index (χ4n) is 1.60. The quantitative estimate of drug-likeness (QED) is 0.515. The summed E-state index contributed by atoms with van der Waals surface area (Å²) in [4.78, 5) is 14.0.